The fraction of sp³-hybridized carbons (Fsp3) is 0.938. The maximum atomic E-state index is 5.94. The van der Waals surface area contributed by atoms with Crippen LogP contribution in [0.5, 0.6) is 0 Å². The Morgan fingerprint density at radius 1 is 1.25 bits per heavy atom. The van der Waals surface area contributed by atoms with Crippen molar-refractivity contribution in [1.82, 2.24) is 10.6 Å². The standard InChI is InChI=1S/C16H33N3O/c1-5-17-16(19-13(3)4)18-12-11-15(20-6-2)14-9-7-8-10-14/h13-15H,5-12H2,1-4H3,(H2,17,18,19). The number of hydrogen-bond donors (Lipinski definition) is 2. The number of nitrogens with one attached hydrogen (secondary N) is 2. The first kappa shape index (κ1) is 17.3. The molecule has 1 saturated carbocycles. The lowest BCUT2D eigenvalue weighted by Crippen LogP contribution is -2.41. The molecule has 2 N–H and O–H groups in total. The normalized spacial score (nSPS) is 18.6. The van der Waals surface area contributed by atoms with Crippen LogP contribution in [-0.2, 0) is 4.74 Å². The lowest BCUT2D eigenvalue weighted by molar-refractivity contribution is 0.0177. The predicted octanol–water partition coefficient (Wildman–Crippen LogP) is 2.94. The van der Waals surface area contributed by atoms with Crippen LogP contribution in [0.15, 0.2) is 4.99 Å². The Bertz CT molecular complexity index is 273. The molecule has 1 fully saturated rings. The number of aliphatic imine (C=N–C) groups is 1. The topological polar surface area (TPSA) is 45.7 Å². The van der Waals surface area contributed by atoms with E-state index in [9.17, 15) is 0 Å². The van der Waals surface area contributed by atoms with Gasteiger partial charge in [-0.1, -0.05) is 12.8 Å². The highest BCUT2D eigenvalue weighted by atomic mass is 16.5. The van der Waals surface area contributed by atoms with Crippen LogP contribution in [0.4, 0.5) is 0 Å². The Morgan fingerprint density at radius 2 is 1.95 bits per heavy atom. The van der Waals surface area contributed by atoms with Gasteiger partial charge in [-0.25, -0.2) is 0 Å². The Kier molecular flexibility index (Phi) is 8.67. The molecule has 1 atom stereocenters. The molecule has 4 nitrogen and oxygen atoms in total. The Hall–Kier alpha value is -0.770. The molecule has 0 saturated heterocycles. The molecule has 0 spiro atoms. The summed E-state index contributed by atoms with van der Waals surface area (Å²) in [5, 5.41) is 6.64. The number of nitrogens with zero attached hydrogens (tertiary/aromatic N) is 1. The van der Waals surface area contributed by atoms with Gasteiger partial charge in [0.1, 0.15) is 0 Å². The highest BCUT2D eigenvalue weighted by Crippen LogP contribution is 2.30. The Morgan fingerprint density at radius 3 is 2.50 bits per heavy atom. The smallest absolute Gasteiger partial charge is 0.191 e. The molecule has 0 radical (unpaired) electrons. The molecule has 1 aliphatic rings. The maximum absolute atomic E-state index is 5.94. The van der Waals surface area contributed by atoms with E-state index in [0.717, 1.165) is 38.0 Å². The molecule has 1 rings (SSSR count). The summed E-state index contributed by atoms with van der Waals surface area (Å²) in [5.74, 6) is 1.68. The molecule has 0 aromatic carbocycles. The SMILES string of the molecule is CCNC(=NCCC(OCC)C1CCCC1)NC(C)C. The van der Waals surface area contributed by atoms with Crippen LogP contribution in [0.3, 0.4) is 0 Å². The van der Waals surface area contributed by atoms with Crippen molar-refractivity contribution in [2.45, 2.75) is 71.9 Å². The van der Waals surface area contributed by atoms with Crippen LogP contribution in [0.1, 0.15) is 59.8 Å². The third kappa shape index (κ3) is 6.60. The molecule has 1 aliphatic carbocycles. The van der Waals surface area contributed by atoms with Gasteiger partial charge in [-0.3, -0.25) is 4.99 Å². The highest BCUT2D eigenvalue weighted by molar-refractivity contribution is 5.79. The zero-order valence-corrected chi connectivity index (χ0v) is 13.7. The molecule has 0 bridgehead atoms. The van der Waals surface area contributed by atoms with Crippen LogP contribution in [0.25, 0.3) is 0 Å². The number of ether oxygens (including phenoxy) is 1. The average molecular weight is 283 g/mol. The minimum Gasteiger partial charge on any atom is -0.378 e. The minimum absolute atomic E-state index is 0.396. The largest absolute Gasteiger partial charge is 0.378 e. The van der Waals surface area contributed by atoms with Gasteiger partial charge in [0.15, 0.2) is 5.96 Å². The zero-order valence-electron chi connectivity index (χ0n) is 13.7. The van der Waals surface area contributed by atoms with E-state index in [2.05, 4.69) is 43.3 Å². The van der Waals surface area contributed by atoms with Crippen LogP contribution in [0.2, 0.25) is 0 Å². The second-order valence-corrected chi connectivity index (χ2v) is 5.89. The van der Waals surface area contributed by atoms with E-state index in [-0.39, 0.29) is 0 Å². The third-order valence-corrected chi connectivity index (χ3v) is 3.76. The van der Waals surface area contributed by atoms with Crippen LogP contribution >= 0.6 is 0 Å². The molecule has 0 aromatic rings. The van der Waals surface area contributed by atoms with Crippen molar-refractivity contribution in [2.75, 3.05) is 19.7 Å². The van der Waals surface area contributed by atoms with Crippen molar-refractivity contribution in [3.8, 4) is 0 Å². The summed E-state index contributed by atoms with van der Waals surface area (Å²) in [6.07, 6.45) is 6.84. The molecule has 0 aromatic heterocycles. The van der Waals surface area contributed by atoms with E-state index in [1.165, 1.54) is 25.7 Å². The minimum atomic E-state index is 0.396. The van der Waals surface area contributed by atoms with E-state index >= 15 is 0 Å². The zero-order chi connectivity index (χ0) is 14.8. The Labute approximate surface area is 124 Å². The lowest BCUT2D eigenvalue weighted by atomic mass is 9.98. The summed E-state index contributed by atoms with van der Waals surface area (Å²) < 4.78 is 5.94. The van der Waals surface area contributed by atoms with Gasteiger partial charge >= 0.3 is 0 Å². The van der Waals surface area contributed by atoms with Crippen molar-refractivity contribution < 1.29 is 4.74 Å². The molecule has 0 aliphatic heterocycles. The molecule has 1 unspecified atom stereocenters. The van der Waals surface area contributed by atoms with Crippen molar-refractivity contribution in [1.29, 1.82) is 0 Å². The first-order valence-electron chi connectivity index (χ1n) is 8.33. The molecule has 4 heteroatoms. The molecular formula is C16H33N3O. The van der Waals surface area contributed by atoms with Crippen molar-refractivity contribution in [3.63, 3.8) is 0 Å². The second kappa shape index (κ2) is 10.0. The number of rotatable bonds is 8. The summed E-state index contributed by atoms with van der Waals surface area (Å²) in [7, 11) is 0. The van der Waals surface area contributed by atoms with Gasteiger partial charge in [-0.15, -0.1) is 0 Å². The molecule has 20 heavy (non-hydrogen) atoms. The van der Waals surface area contributed by atoms with Crippen LogP contribution in [-0.4, -0.2) is 37.8 Å². The molecule has 0 amide bonds. The number of guanidine groups is 1. The van der Waals surface area contributed by atoms with E-state index < -0.39 is 0 Å². The van der Waals surface area contributed by atoms with Crippen LogP contribution < -0.4 is 10.6 Å². The summed E-state index contributed by atoms with van der Waals surface area (Å²) >= 11 is 0. The van der Waals surface area contributed by atoms with Gasteiger partial charge in [0.05, 0.1) is 6.10 Å². The van der Waals surface area contributed by atoms with Crippen LogP contribution in [0, 0.1) is 5.92 Å². The van der Waals surface area contributed by atoms with E-state index in [1.807, 2.05) is 0 Å². The van der Waals surface area contributed by atoms with Crippen molar-refractivity contribution in [3.05, 3.63) is 0 Å². The van der Waals surface area contributed by atoms with Gasteiger partial charge < -0.3 is 15.4 Å². The van der Waals surface area contributed by atoms with Crippen molar-refractivity contribution in [2.24, 2.45) is 10.9 Å². The summed E-state index contributed by atoms with van der Waals surface area (Å²) in [6, 6.07) is 0.408. The summed E-state index contributed by atoms with van der Waals surface area (Å²) in [6.45, 7) is 11.0. The fourth-order valence-electron chi connectivity index (χ4n) is 2.90. The van der Waals surface area contributed by atoms with Gasteiger partial charge in [-0.05, 0) is 52.9 Å². The van der Waals surface area contributed by atoms with E-state index in [0.29, 0.717) is 12.1 Å². The maximum Gasteiger partial charge on any atom is 0.191 e. The van der Waals surface area contributed by atoms with E-state index in [1.54, 1.807) is 0 Å². The fourth-order valence-corrected chi connectivity index (χ4v) is 2.90. The third-order valence-electron chi connectivity index (χ3n) is 3.76. The monoisotopic (exact) mass is 283 g/mol. The first-order valence-corrected chi connectivity index (χ1v) is 8.33. The summed E-state index contributed by atoms with van der Waals surface area (Å²) in [5.41, 5.74) is 0. The first-order chi connectivity index (χ1) is 9.67. The van der Waals surface area contributed by atoms with Gasteiger partial charge in [0.2, 0.25) is 0 Å². The van der Waals surface area contributed by atoms with Gasteiger partial charge in [0.25, 0.3) is 0 Å². The quantitative estimate of drug-likeness (QED) is 0.532. The van der Waals surface area contributed by atoms with E-state index in [4.69, 9.17) is 4.74 Å². The van der Waals surface area contributed by atoms with Crippen molar-refractivity contribution >= 4 is 5.96 Å². The predicted molar refractivity (Wildman–Crippen MR) is 86.2 cm³/mol. The van der Waals surface area contributed by atoms with Gasteiger partial charge in [-0.2, -0.15) is 0 Å². The Balaban J connectivity index is 2.43. The molecular weight excluding hydrogens is 250 g/mol. The highest BCUT2D eigenvalue weighted by Gasteiger charge is 2.24. The number of hydrogen-bond acceptors (Lipinski definition) is 2. The lowest BCUT2D eigenvalue weighted by Gasteiger charge is -2.23. The van der Waals surface area contributed by atoms with Gasteiger partial charge in [0, 0.05) is 25.7 Å². The molecule has 0 heterocycles. The second-order valence-electron chi connectivity index (χ2n) is 5.89. The summed E-state index contributed by atoms with van der Waals surface area (Å²) in [4.78, 5) is 4.66. The molecule has 118 valence electrons. The average Bonchev–Trinajstić information content (AvgIpc) is 2.91.